The maximum absolute atomic E-state index is 12.1. The predicted molar refractivity (Wildman–Crippen MR) is 94.6 cm³/mol. The van der Waals surface area contributed by atoms with Gasteiger partial charge in [0.15, 0.2) is 0 Å². The molecule has 0 saturated carbocycles. The summed E-state index contributed by atoms with van der Waals surface area (Å²) >= 11 is 13.6. The molecule has 1 amide bonds. The number of rotatable bonds is 6. The SMILES string of the molecule is CCCNCCNC(=O)c1sc2cc(Cl)ccc2c1Cl.Cl. The van der Waals surface area contributed by atoms with Crippen LogP contribution in [0.25, 0.3) is 10.1 Å². The van der Waals surface area contributed by atoms with E-state index >= 15 is 0 Å². The molecule has 0 saturated heterocycles. The second-order valence-corrected chi connectivity index (χ2v) is 6.26. The molecule has 1 aromatic carbocycles. The van der Waals surface area contributed by atoms with Crippen molar-refractivity contribution in [2.45, 2.75) is 13.3 Å². The molecule has 2 aromatic rings. The summed E-state index contributed by atoms with van der Waals surface area (Å²) in [4.78, 5) is 12.6. The Labute approximate surface area is 144 Å². The first-order valence-electron chi connectivity index (χ1n) is 6.50. The highest BCUT2D eigenvalue weighted by Gasteiger charge is 2.16. The van der Waals surface area contributed by atoms with Gasteiger partial charge in [0.25, 0.3) is 5.91 Å². The molecule has 2 N–H and O–H groups in total. The fraction of sp³-hybridized carbons (Fsp3) is 0.357. The topological polar surface area (TPSA) is 41.1 Å². The van der Waals surface area contributed by atoms with E-state index in [9.17, 15) is 4.79 Å². The summed E-state index contributed by atoms with van der Waals surface area (Å²) in [6.07, 6.45) is 1.08. The predicted octanol–water partition coefficient (Wildman–Crippen LogP) is 4.36. The Morgan fingerprint density at radius 1 is 1.24 bits per heavy atom. The fourth-order valence-corrected chi connectivity index (χ4v) is 3.54. The van der Waals surface area contributed by atoms with Crippen LogP contribution in [-0.2, 0) is 0 Å². The molecular weight excluding hydrogens is 351 g/mol. The number of amides is 1. The lowest BCUT2D eigenvalue weighted by Crippen LogP contribution is -2.31. The second-order valence-electron chi connectivity index (χ2n) is 4.39. The van der Waals surface area contributed by atoms with Gasteiger partial charge in [0.05, 0.1) is 5.02 Å². The zero-order chi connectivity index (χ0) is 14.5. The first-order valence-corrected chi connectivity index (χ1v) is 8.07. The van der Waals surface area contributed by atoms with Crippen LogP contribution < -0.4 is 10.6 Å². The smallest absolute Gasteiger partial charge is 0.262 e. The molecule has 0 radical (unpaired) electrons. The van der Waals surface area contributed by atoms with Gasteiger partial charge >= 0.3 is 0 Å². The van der Waals surface area contributed by atoms with Crippen LogP contribution in [0.15, 0.2) is 18.2 Å². The largest absolute Gasteiger partial charge is 0.350 e. The molecule has 1 heterocycles. The summed E-state index contributed by atoms with van der Waals surface area (Å²) in [6, 6.07) is 5.45. The molecule has 0 atom stereocenters. The van der Waals surface area contributed by atoms with Crippen molar-refractivity contribution in [3.8, 4) is 0 Å². The quantitative estimate of drug-likeness (QED) is 0.745. The molecule has 0 unspecified atom stereocenters. The van der Waals surface area contributed by atoms with Crippen molar-refractivity contribution in [1.29, 1.82) is 0 Å². The van der Waals surface area contributed by atoms with Crippen molar-refractivity contribution in [2.75, 3.05) is 19.6 Å². The van der Waals surface area contributed by atoms with Gasteiger partial charge in [0.1, 0.15) is 4.88 Å². The van der Waals surface area contributed by atoms with Gasteiger partial charge in [-0.3, -0.25) is 4.79 Å². The van der Waals surface area contributed by atoms with Crippen LogP contribution in [-0.4, -0.2) is 25.5 Å². The standard InChI is InChI=1S/C14H16Cl2N2OS.ClH/c1-2-5-17-6-7-18-14(19)13-12(16)10-4-3-9(15)8-11(10)20-13;/h3-4,8,17H,2,5-7H2,1H3,(H,18,19);1H. The molecule has 0 aliphatic carbocycles. The minimum Gasteiger partial charge on any atom is -0.350 e. The van der Waals surface area contributed by atoms with Crippen LogP contribution in [0, 0.1) is 0 Å². The normalized spacial score (nSPS) is 10.4. The van der Waals surface area contributed by atoms with Crippen molar-refractivity contribution >= 4 is 62.9 Å². The van der Waals surface area contributed by atoms with E-state index in [1.807, 2.05) is 12.1 Å². The highest BCUT2D eigenvalue weighted by Crippen LogP contribution is 2.36. The molecule has 116 valence electrons. The van der Waals surface area contributed by atoms with Crippen molar-refractivity contribution in [3.05, 3.63) is 33.1 Å². The Kier molecular flexibility index (Phi) is 7.77. The van der Waals surface area contributed by atoms with E-state index in [0.29, 0.717) is 21.5 Å². The van der Waals surface area contributed by atoms with Crippen molar-refractivity contribution in [1.82, 2.24) is 10.6 Å². The Bertz CT molecular complexity index is 616. The molecule has 0 fully saturated rings. The first-order chi connectivity index (χ1) is 9.63. The van der Waals surface area contributed by atoms with E-state index < -0.39 is 0 Å². The van der Waals surface area contributed by atoms with Gasteiger partial charge in [-0.05, 0) is 25.1 Å². The fourth-order valence-electron chi connectivity index (χ4n) is 1.83. The Hall–Kier alpha value is -0.520. The lowest BCUT2D eigenvalue weighted by atomic mass is 10.2. The van der Waals surface area contributed by atoms with Crippen LogP contribution >= 0.6 is 46.9 Å². The number of carbonyl (C=O) groups is 1. The van der Waals surface area contributed by atoms with Gasteiger partial charge in [-0.15, -0.1) is 23.7 Å². The zero-order valence-electron chi connectivity index (χ0n) is 11.5. The minimum absolute atomic E-state index is 0. The highest BCUT2D eigenvalue weighted by molar-refractivity contribution is 7.21. The van der Waals surface area contributed by atoms with Gasteiger partial charge in [-0.2, -0.15) is 0 Å². The number of hydrogen-bond donors (Lipinski definition) is 2. The third kappa shape index (κ3) is 4.73. The monoisotopic (exact) mass is 366 g/mol. The molecule has 0 aliphatic rings. The molecular formula is C14H17Cl3N2OS. The van der Waals surface area contributed by atoms with E-state index in [-0.39, 0.29) is 18.3 Å². The average molecular weight is 368 g/mol. The van der Waals surface area contributed by atoms with Crippen LogP contribution in [0.5, 0.6) is 0 Å². The number of nitrogens with one attached hydrogen (secondary N) is 2. The first kappa shape index (κ1) is 18.5. The Balaban J connectivity index is 0.00000220. The Morgan fingerprint density at radius 3 is 2.71 bits per heavy atom. The van der Waals surface area contributed by atoms with Gasteiger partial charge < -0.3 is 10.6 Å². The van der Waals surface area contributed by atoms with Crippen LogP contribution in [0.1, 0.15) is 23.0 Å². The van der Waals surface area contributed by atoms with Crippen molar-refractivity contribution in [3.63, 3.8) is 0 Å². The third-order valence-electron chi connectivity index (χ3n) is 2.81. The van der Waals surface area contributed by atoms with E-state index in [1.165, 1.54) is 11.3 Å². The molecule has 21 heavy (non-hydrogen) atoms. The number of fused-ring (bicyclic) bond motifs is 1. The van der Waals surface area contributed by atoms with Crippen molar-refractivity contribution in [2.24, 2.45) is 0 Å². The summed E-state index contributed by atoms with van der Waals surface area (Å²) in [5.41, 5.74) is 0. The Morgan fingerprint density at radius 2 is 2.00 bits per heavy atom. The summed E-state index contributed by atoms with van der Waals surface area (Å²) < 4.78 is 0.928. The zero-order valence-corrected chi connectivity index (χ0v) is 14.7. The average Bonchev–Trinajstić information content (AvgIpc) is 2.75. The summed E-state index contributed by atoms with van der Waals surface area (Å²) in [5, 5.41) is 8.11. The van der Waals surface area contributed by atoms with Gasteiger partial charge in [0, 0.05) is 28.2 Å². The van der Waals surface area contributed by atoms with E-state index in [1.54, 1.807) is 6.07 Å². The summed E-state index contributed by atoms with van der Waals surface area (Å²) in [7, 11) is 0. The van der Waals surface area contributed by atoms with Gasteiger partial charge in [-0.1, -0.05) is 36.2 Å². The number of halogens is 3. The van der Waals surface area contributed by atoms with Crippen LogP contribution in [0.2, 0.25) is 10.0 Å². The molecule has 7 heteroatoms. The molecule has 0 bridgehead atoms. The van der Waals surface area contributed by atoms with Crippen molar-refractivity contribution < 1.29 is 4.79 Å². The van der Waals surface area contributed by atoms with E-state index in [0.717, 1.165) is 29.6 Å². The van der Waals surface area contributed by atoms with Gasteiger partial charge in [-0.25, -0.2) is 0 Å². The third-order valence-corrected chi connectivity index (χ3v) is 4.70. The van der Waals surface area contributed by atoms with E-state index in [2.05, 4.69) is 17.6 Å². The second kappa shape index (κ2) is 8.81. The van der Waals surface area contributed by atoms with Crippen LogP contribution in [0.4, 0.5) is 0 Å². The molecule has 0 spiro atoms. The molecule has 0 aliphatic heterocycles. The number of benzene rings is 1. The molecule has 1 aromatic heterocycles. The summed E-state index contributed by atoms with van der Waals surface area (Å²) in [5.74, 6) is -0.134. The number of thiophene rings is 1. The maximum atomic E-state index is 12.1. The van der Waals surface area contributed by atoms with Gasteiger partial charge in [0.2, 0.25) is 0 Å². The maximum Gasteiger partial charge on any atom is 0.262 e. The number of carbonyl (C=O) groups excluding carboxylic acids is 1. The lowest BCUT2D eigenvalue weighted by molar-refractivity contribution is 0.0958. The highest BCUT2D eigenvalue weighted by atomic mass is 35.5. The molecule has 3 nitrogen and oxygen atoms in total. The number of hydrogen-bond acceptors (Lipinski definition) is 3. The molecule has 2 rings (SSSR count). The lowest BCUT2D eigenvalue weighted by Gasteiger charge is -2.05. The minimum atomic E-state index is -0.134. The van der Waals surface area contributed by atoms with Crippen LogP contribution in [0.3, 0.4) is 0 Å². The summed E-state index contributed by atoms with van der Waals surface area (Å²) in [6.45, 7) is 4.41. The van der Waals surface area contributed by atoms with E-state index in [4.69, 9.17) is 23.2 Å².